The topological polar surface area (TPSA) is 78.0 Å². The molecule has 2 aromatic carbocycles. The molecule has 35 heavy (non-hydrogen) atoms. The van der Waals surface area contributed by atoms with E-state index in [0.717, 1.165) is 56.3 Å². The highest BCUT2D eigenvalue weighted by Crippen LogP contribution is 2.29. The number of nitrogens with one attached hydrogen (secondary N) is 1. The van der Waals surface area contributed by atoms with Crippen LogP contribution in [0.4, 0.5) is 5.82 Å². The second kappa shape index (κ2) is 9.25. The Kier molecular flexibility index (Phi) is 5.99. The molecule has 0 amide bonds. The van der Waals surface area contributed by atoms with Crippen molar-refractivity contribution in [2.75, 3.05) is 5.32 Å². The summed E-state index contributed by atoms with van der Waals surface area (Å²) in [5, 5.41) is 9.00. The average molecular weight is 468 g/mol. The molecule has 3 heterocycles. The lowest BCUT2D eigenvalue weighted by molar-refractivity contribution is 0.294. The SMILES string of the molecule is Cc1cc(COc2cccc(C(C)Nc3cc(-c4ccc5occ(C)c5c4)nc(C)n3)c2)n(C)n1. The molecular weight excluding hydrogens is 438 g/mol. The molecule has 1 unspecified atom stereocenters. The van der Waals surface area contributed by atoms with Crippen LogP contribution < -0.4 is 10.1 Å². The molecule has 1 atom stereocenters. The minimum absolute atomic E-state index is 0.0262. The summed E-state index contributed by atoms with van der Waals surface area (Å²) < 4.78 is 13.5. The summed E-state index contributed by atoms with van der Waals surface area (Å²) in [4.78, 5) is 9.30. The minimum atomic E-state index is 0.0262. The number of furan rings is 1. The number of hydrogen-bond acceptors (Lipinski definition) is 6. The van der Waals surface area contributed by atoms with Gasteiger partial charge in [0, 0.05) is 24.1 Å². The fraction of sp³-hybridized carbons (Fsp3) is 0.250. The maximum absolute atomic E-state index is 6.04. The van der Waals surface area contributed by atoms with Gasteiger partial charge in [0.25, 0.3) is 0 Å². The van der Waals surface area contributed by atoms with Gasteiger partial charge in [-0.1, -0.05) is 12.1 Å². The van der Waals surface area contributed by atoms with Crippen LogP contribution in [0.2, 0.25) is 0 Å². The van der Waals surface area contributed by atoms with Gasteiger partial charge in [-0.3, -0.25) is 4.68 Å². The van der Waals surface area contributed by atoms with Crippen LogP contribution in [-0.4, -0.2) is 19.7 Å². The molecular formula is C28H29N5O2. The summed E-state index contributed by atoms with van der Waals surface area (Å²) in [6, 6.07) is 18.3. The molecule has 5 rings (SSSR count). The zero-order valence-corrected chi connectivity index (χ0v) is 20.7. The van der Waals surface area contributed by atoms with Crippen molar-refractivity contribution >= 4 is 16.8 Å². The van der Waals surface area contributed by atoms with Gasteiger partial charge in [0.05, 0.1) is 29.4 Å². The lowest BCUT2D eigenvalue weighted by atomic mass is 10.1. The third-order valence-corrected chi connectivity index (χ3v) is 6.11. The highest BCUT2D eigenvalue weighted by Gasteiger charge is 2.12. The van der Waals surface area contributed by atoms with Gasteiger partial charge in [-0.05, 0) is 75.2 Å². The Morgan fingerprint density at radius 2 is 1.89 bits per heavy atom. The quantitative estimate of drug-likeness (QED) is 0.303. The number of nitrogens with zero attached hydrogens (tertiary/aromatic N) is 4. The van der Waals surface area contributed by atoms with E-state index in [1.165, 1.54) is 0 Å². The second-order valence-corrected chi connectivity index (χ2v) is 8.94. The Morgan fingerprint density at radius 3 is 2.69 bits per heavy atom. The van der Waals surface area contributed by atoms with Crippen molar-refractivity contribution in [1.29, 1.82) is 0 Å². The predicted octanol–water partition coefficient (Wildman–Crippen LogP) is 6.30. The molecule has 0 radical (unpaired) electrons. The Morgan fingerprint density at radius 1 is 1.03 bits per heavy atom. The minimum Gasteiger partial charge on any atom is -0.487 e. The summed E-state index contributed by atoms with van der Waals surface area (Å²) in [6.07, 6.45) is 1.78. The summed E-state index contributed by atoms with van der Waals surface area (Å²) >= 11 is 0. The van der Waals surface area contributed by atoms with E-state index < -0.39 is 0 Å². The first kappa shape index (κ1) is 22.7. The van der Waals surface area contributed by atoms with Crippen LogP contribution >= 0.6 is 0 Å². The van der Waals surface area contributed by atoms with Crippen LogP contribution in [0.5, 0.6) is 5.75 Å². The molecule has 0 aliphatic rings. The van der Waals surface area contributed by atoms with Crippen molar-refractivity contribution in [1.82, 2.24) is 19.7 Å². The largest absolute Gasteiger partial charge is 0.487 e. The molecule has 0 saturated heterocycles. The van der Waals surface area contributed by atoms with Crippen LogP contribution in [0.1, 0.15) is 41.3 Å². The molecule has 178 valence electrons. The number of aryl methyl sites for hydroxylation is 4. The molecule has 0 bridgehead atoms. The molecule has 0 saturated carbocycles. The van der Waals surface area contributed by atoms with Crippen molar-refractivity contribution in [3.8, 4) is 17.0 Å². The summed E-state index contributed by atoms with van der Waals surface area (Å²) in [5.41, 5.74) is 7.02. The highest BCUT2D eigenvalue weighted by atomic mass is 16.5. The first-order chi connectivity index (χ1) is 16.9. The Hall–Kier alpha value is -4.13. The van der Waals surface area contributed by atoms with Crippen molar-refractivity contribution in [3.63, 3.8) is 0 Å². The van der Waals surface area contributed by atoms with E-state index in [4.69, 9.17) is 9.15 Å². The standard InChI is InChI=1S/C28H29N5O2/c1-17-15-35-27-10-9-22(13-25(17)27)26-14-28(31-20(4)30-26)29-19(3)21-7-6-8-24(12-21)34-16-23-11-18(2)32-33(23)5/h6-15,19H,16H2,1-5H3,(H,29,30,31). The first-order valence-electron chi connectivity index (χ1n) is 11.7. The van der Waals surface area contributed by atoms with Gasteiger partial charge >= 0.3 is 0 Å². The Labute approximate surface area is 204 Å². The first-order valence-corrected chi connectivity index (χ1v) is 11.7. The molecule has 0 aliphatic carbocycles. The number of fused-ring (bicyclic) bond motifs is 1. The lowest BCUT2D eigenvalue weighted by Gasteiger charge is -2.17. The maximum Gasteiger partial charge on any atom is 0.134 e. The fourth-order valence-corrected chi connectivity index (χ4v) is 4.24. The van der Waals surface area contributed by atoms with Crippen molar-refractivity contribution in [2.45, 2.75) is 40.3 Å². The molecule has 5 aromatic rings. The summed E-state index contributed by atoms with van der Waals surface area (Å²) in [5.74, 6) is 2.31. The monoisotopic (exact) mass is 467 g/mol. The smallest absolute Gasteiger partial charge is 0.134 e. The molecule has 0 spiro atoms. The highest BCUT2D eigenvalue weighted by molar-refractivity contribution is 5.85. The van der Waals surface area contributed by atoms with Gasteiger partial charge in [0.1, 0.15) is 29.6 Å². The second-order valence-electron chi connectivity index (χ2n) is 8.94. The number of anilines is 1. The normalized spacial score (nSPS) is 12.1. The van der Waals surface area contributed by atoms with Gasteiger partial charge in [-0.2, -0.15) is 5.10 Å². The van der Waals surface area contributed by atoms with Gasteiger partial charge in [-0.25, -0.2) is 9.97 Å². The lowest BCUT2D eigenvalue weighted by Crippen LogP contribution is -2.09. The zero-order valence-electron chi connectivity index (χ0n) is 20.7. The van der Waals surface area contributed by atoms with Crippen molar-refractivity contribution in [2.24, 2.45) is 7.05 Å². The van der Waals surface area contributed by atoms with E-state index in [-0.39, 0.29) is 6.04 Å². The van der Waals surface area contributed by atoms with Crippen LogP contribution in [0, 0.1) is 20.8 Å². The van der Waals surface area contributed by atoms with Crippen LogP contribution in [0.15, 0.2) is 65.3 Å². The van der Waals surface area contributed by atoms with Gasteiger partial charge in [-0.15, -0.1) is 0 Å². The maximum atomic E-state index is 6.04. The van der Waals surface area contributed by atoms with Gasteiger partial charge in [0.2, 0.25) is 0 Å². The van der Waals surface area contributed by atoms with E-state index in [1.54, 1.807) is 6.26 Å². The van der Waals surface area contributed by atoms with Gasteiger partial charge < -0.3 is 14.5 Å². The molecule has 1 N–H and O–H groups in total. The molecule has 7 heteroatoms. The summed E-state index contributed by atoms with van der Waals surface area (Å²) in [7, 11) is 1.93. The van der Waals surface area contributed by atoms with Crippen molar-refractivity contribution in [3.05, 3.63) is 89.2 Å². The third-order valence-electron chi connectivity index (χ3n) is 6.11. The number of aromatic nitrogens is 4. The zero-order chi connectivity index (χ0) is 24.5. The van der Waals surface area contributed by atoms with E-state index in [0.29, 0.717) is 12.4 Å². The third kappa shape index (κ3) is 4.89. The number of ether oxygens (including phenoxy) is 1. The fourth-order valence-electron chi connectivity index (χ4n) is 4.24. The van der Waals surface area contributed by atoms with E-state index in [2.05, 4.69) is 45.5 Å². The van der Waals surface area contributed by atoms with Crippen LogP contribution in [0.25, 0.3) is 22.2 Å². The van der Waals surface area contributed by atoms with Crippen LogP contribution in [-0.2, 0) is 13.7 Å². The number of benzene rings is 2. The van der Waals surface area contributed by atoms with E-state index in [1.807, 2.05) is 68.9 Å². The average Bonchev–Trinajstić information content (AvgIpc) is 3.37. The van der Waals surface area contributed by atoms with Crippen LogP contribution in [0.3, 0.4) is 0 Å². The van der Waals surface area contributed by atoms with E-state index in [9.17, 15) is 0 Å². The molecule has 0 fully saturated rings. The number of rotatable bonds is 7. The number of hydrogen-bond donors (Lipinski definition) is 1. The predicted molar refractivity (Wildman–Crippen MR) is 137 cm³/mol. The summed E-state index contributed by atoms with van der Waals surface area (Å²) in [6.45, 7) is 8.52. The van der Waals surface area contributed by atoms with E-state index >= 15 is 0 Å². The van der Waals surface area contributed by atoms with Crippen molar-refractivity contribution < 1.29 is 9.15 Å². The molecule has 7 nitrogen and oxygen atoms in total. The molecule has 0 aliphatic heterocycles. The molecule has 3 aromatic heterocycles. The van der Waals surface area contributed by atoms with Gasteiger partial charge in [0.15, 0.2) is 0 Å². The Balaban J connectivity index is 1.33. The Bertz CT molecular complexity index is 1500.